The van der Waals surface area contributed by atoms with Gasteiger partial charge >= 0.3 is 0 Å². The van der Waals surface area contributed by atoms with Crippen LogP contribution in [0.2, 0.25) is 0 Å². The Morgan fingerprint density at radius 3 is 2.64 bits per heavy atom. The first-order chi connectivity index (χ1) is 10.5. The van der Waals surface area contributed by atoms with Crippen LogP contribution in [-0.4, -0.2) is 62.9 Å². The Bertz CT molecular complexity index is 644. The van der Waals surface area contributed by atoms with Gasteiger partial charge in [-0.2, -0.15) is 4.31 Å². The number of piperazine rings is 1. The fourth-order valence-corrected chi connectivity index (χ4v) is 4.78. The van der Waals surface area contributed by atoms with E-state index in [1.54, 1.807) is 6.92 Å². The molecule has 5 nitrogen and oxygen atoms in total. The third-order valence-electron chi connectivity index (χ3n) is 4.56. The van der Waals surface area contributed by atoms with Gasteiger partial charge in [-0.05, 0) is 37.1 Å². The Hall–Kier alpha value is -1.02. The van der Waals surface area contributed by atoms with Crippen LogP contribution in [0.15, 0.2) is 23.1 Å². The summed E-state index contributed by atoms with van der Waals surface area (Å²) >= 11 is 0. The number of hydrogen-bond acceptors (Lipinski definition) is 4. The molecule has 2 aliphatic heterocycles. The summed E-state index contributed by atoms with van der Waals surface area (Å²) in [5.41, 5.74) is 0.360. The topological polar surface area (TPSA) is 52.7 Å². The number of nitrogens with one attached hydrogen (secondary N) is 1. The lowest BCUT2D eigenvalue weighted by atomic mass is 10.2. The van der Waals surface area contributed by atoms with E-state index in [9.17, 15) is 12.8 Å². The zero-order valence-corrected chi connectivity index (χ0v) is 13.6. The van der Waals surface area contributed by atoms with Gasteiger partial charge in [-0.1, -0.05) is 0 Å². The minimum atomic E-state index is -3.53. The predicted octanol–water partition coefficient (Wildman–Crippen LogP) is 0.802. The van der Waals surface area contributed by atoms with Crippen LogP contribution in [0.1, 0.15) is 12.0 Å². The fourth-order valence-electron chi connectivity index (χ4n) is 3.20. The van der Waals surface area contributed by atoms with Crippen LogP contribution in [0.25, 0.3) is 0 Å². The molecule has 0 radical (unpaired) electrons. The molecule has 0 aromatic heterocycles. The third-order valence-corrected chi connectivity index (χ3v) is 6.42. The third kappa shape index (κ3) is 3.03. The second kappa shape index (κ2) is 6.23. The molecule has 1 unspecified atom stereocenters. The van der Waals surface area contributed by atoms with E-state index < -0.39 is 10.0 Å². The summed E-state index contributed by atoms with van der Waals surface area (Å²) in [6.45, 7) is 6.50. The summed E-state index contributed by atoms with van der Waals surface area (Å²) in [7, 11) is -3.53. The van der Waals surface area contributed by atoms with Gasteiger partial charge in [0.1, 0.15) is 5.82 Å². The average molecular weight is 327 g/mol. The Balaban J connectivity index is 1.74. The first-order valence-corrected chi connectivity index (χ1v) is 9.13. The van der Waals surface area contributed by atoms with Crippen LogP contribution in [0.4, 0.5) is 4.39 Å². The normalized spacial score (nSPS) is 24.7. The molecule has 0 bridgehead atoms. The van der Waals surface area contributed by atoms with Gasteiger partial charge in [0.15, 0.2) is 0 Å². The minimum Gasteiger partial charge on any atom is -0.314 e. The van der Waals surface area contributed by atoms with Crippen molar-refractivity contribution in [3.05, 3.63) is 29.6 Å². The summed E-state index contributed by atoms with van der Waals surface area (Å²) in [6, 6.07) is 4.29. The van der Waals surface area contributed by atoms with Crippen LogP contribution in [0, 0.1) is 12.7 Å². The maximum absolute atomic E-state index is 13.3. The molecule has 0 spiro atoms. The molecule has 1 atom stereocenters. The maximum Gasteiger partial charge on any atom is 0.243 e. The van der Waals surface area contributed by atoms with E-state index in [1.165, 1.54) is 22.5 Å². The summed E-state index contributed by atoms with van der Waals surface area (Å²) in [4.78, 5) is 2.55. The zero-order chi connectivity index (χ0) is 15.7. The van der Waals surface area contributed by atoms with Gasteiger partial charge in [0, 0.05) is 45.3 Å². The molecular formula is C15H22FN3O2S. The fraction of sp³-hybridized carbons (Fsp3) is 0.600. The molecule has 2 aliphatic rings. The van der Waals surface area contributed by atoms with Crippen molar-refractivity contribution in [2.75, 3.05) is 39.3 Å². The monoisotopic (exact) mass is 327 g/mol. The molecule has 2 fully saturated rings. The highest BCUT2D eigenvalue weighted by atomic mass is 32.2. The van der Waals surface area contributed by atoms with Crippen LogP contribution < -0.4 is 5.32 Å². The van der Waals surface area contributed by atoms with Gasteiger partial charge in [-0.3, -0.25) is 4.90 Å². The Labute approximate surface area is 131 Å². The van der Waals surface area contributed by atoms with Gasteiger partial charge < -0.3 is 5.32 Å². The molecule has 22 heavy (non-hydrogen) atoms. The molecule has 0 amide bonds. The van der Waals surface area contributed by atoms with Gasteiger partial charge in [-0.25, -0.2) is 12.8 Å². The first-order valence-electron chi connectivity index (χ1n) is 7.69. The van der Waals surface area contributed by atoms with E-state index in [2.05, 4.69) is 10.2 Å². The van der Waals surface area contributed by atoms with Crippen LogP contribution in [0.5, 0.6) is 0 Å². The highest BCUT2D eigenvalue weighted by molar-refractivity contribution is 7.89. The van der Waals surface area contributed by atoms with E-state index >= 15 is 0 Å². The lowest BCUT2D eigenvalue weighted by Crippen LogP contribution is -2.49. The van der Waals surface area contributed by atoms with Crippen LogP contribution >= 0.6 is 0 Å². The molecule has 3 rings (SSSR count). The van der Waals surface area contributed by atoms with Gasteiger partial charge in [0.25, 0.3) is 0 Å². The molecule has 0 aliphatic carbocycles. The van der Waals surface area contributed by atoms with E-state index in [0.717, 1.165) is 32.6 Å². The Morgan fingerprint density at radius 2 is 1.95 bits per heavy atom. The molecule has 1 aromatic carbocycles. The molecule has 2 heterocycles. The summed E-state index contributed by atoms with van der Waals surface area (Å²) in [5, 5.41) is 3.31. The van der Waals surface area contributed by atoms with E-state index in [-0.39, 0.29) is 10.7 Å². The largest absolute Gasteiger partial charge is 0.314 e. The van der Waals surface area contributed by atoms with E-state index in [0.29, 0.717) is 24.7 Å². The second-order valence-corrected chi connectivity index (χ2v) is 7.94. The number of aryl methyl sites for hydroxylation is 1. The van der Waals surface area contributed by atoms with Crippen molar-refractivity contribution in [3.63, 3.8) is 0 Å². The SMILES string of the molecule is Cc1cc(S(=O)(=O)N2CCC(N3CCNCC3)C2)ccc1F. The first kappa shape index (κ1) is 15.9. The number of sulfonamides is 1. The summed E-state index contributed by atoms with van der Waals surface area (Å²) in [5.74, 6) is -0.376. The smallest absolute Gasteiger partial charge is 0.243 e. The highest BCUT2D eigenvalue weighted by Crippen LogP contribution is 2.25. The molecule has 7 heteroatoms. The molecule has 0 saturated carbocycles. The predicted molar refractivity (Wildman–Crippen MR) is 82.7 cm³/mol. The Kier molecular flexibility index (Phi) is 4.49. The van der Waals surface area contributed by atoms with Gasteiger partial charge in [-0.15, -0.1) is 0 Å². The quantitative estimate of drug-likeness (QED) is 0.892. The second-order valence-electron chi connectivity index (χ2n) is 6.00. The van der Waals surface area contributed by atoms with Crippen molar-refractivity contribution in [1.82, 2.24) is 14.5 Å². The lowest BCUT2D eigenvalue weighted by Gasteiger charge is -2.32. The molecular weight excluding hydrogens is 305 g/mol. The standard InChI is InChI=1S/C15H22FN3O2S/c1-12-10-14(2-3-15(12)16)22(20,21)19-7-4-13(11-19)18-8-5-17-6-9-18/h2-3,10,13,17H,4-9,11H2,1H3. The number of halogens is 1. The highest BCUT2D eigenvalue weighted by Gasteiger charge is 2.35. The molecule has 1 aromatic rings. The minimum absolute atomic E-state index is 0.187. The zero-order valence-electron chi connectivity index (χ0n) is 12.8. The van der Waals surface area contributed by atoms with Crippen molar-refractivity contribution in [3.8, 4) is 0 Å². The molecule has 1 N–H and O–H groups in total. The summed E-state index contributed by atoms with van der Waals surface area (Å²) < 4.78 is 40.3. The van der Waals surface area contributed by atoms with Gasteiger partial charge in [0.05, 0.1) is 4.90 Å². The van der Waals surface area contributed by atoms with Crippen molar-refractivity contribution in [1.29, 1.82) is 0 Å². The average Bonchev–Trinajstić information content (AvgIpc) is 3.01. The van der Waals surface area contributed by atoms with E-state index in [1.807, 2.05) is 0 Å². The molecule has 2 saturated heterocycles. The lowest BCUT2D eigenvalue weighted by molar-refractivity contribution is 0.179. The van der Waals surface area contributed by atoms with Crippen LogP contribution in [0.3, 0.4) is 0 Å². The van der Waals surface area contributed by atoms with Crippen molar-refractivity contribution >= 4 is 10.0 Å². The Morgan fingerprint density at radius 1 is 1.23 bits per heavy atom. The number of hydrogen-bond donors (Lipinski definition) is 1. The van der Waals surface area contributed by atoms with Crippen LogP contribution in [-0.2, 0) is 10.0 Å². The number of rotatable bonds is 3. The van der Waals surface area contributed by atoms with Crippen molar-refractivity contribution in [2.24, 2.45) is 0 Å². The number of nitrogens with zero attached hydrogens (tertiary/aromatic N) is 2. The van der Waals surface area contributed by atoms with Gasteiger partial charge in [0.2, 0.25) is 10.0 Å². The van der Waals surface area contributed by atoms with Crippen molar-refractivity contribution < 1.29 is 12.8 Å². The van der Waals surface area contributed by atoms with Crippen molar-refractivity contribution in [2.45, 2.75) is 24.3 Å². The summed E-state index contributed by atoms with van der Waals surface area (Å²) in [6.07, 6.45) is 0.861. The van der Waals surface area contributed by atoms with E-state index in [4.69, 9.17) is 0 Å². The molecule has 122 valence electrons. The maximum atomic E-state index is 13.3. The number of benzene rings is 1.